The van der Waals surface area contributed by atoms with Crippen molar-refractivity contribution in [3.05, 3.63) is 84.1 Å². The molecule has 176 valence electrons. The maximum absolute atomic E-state index is 13.6. The summed E-state index contributed by atoms with van der Waals surface area (Å²) < 4.78 is 21.9. The highest BCUT2D eigenvalue weighted by Gasteiger charge is 2.25. The molecule has 34 heavy (non-hydrogen) atoms. The lowest BCUT2D eigenvalue weighted by atomic mass is 9.95. The Labute approximate surface area is 199 Å². The van der Waals surface area contributed by atoms with Gasteiger partial charge in [-0.3, -0.25) is 0 Å². The van der Waals surface area contributed by atoms with E-state index in [1.54, 1.807) is 18.2 Å². The lowest BCUT2D eigenvalue weighted by molar-refractivity contribution is 0.179. The van der Waals surface area contributed by atoms with Gasteiger partial charge in [-0.1, -0.05) is 38.3 Å². The van der Waals surface area contributed by atoms with Crippen molar-refractivity contribution in [2.45, 2.75) is 57.7 Å². The number of rotatable bonds is 7. The van der Waals surface area contributed by atoms with E-state index in [4.69, 9.17) is 9.40 Å². The number of nitrogens with one attached hydrogen (secondary N) is 1. The van der Waals surface area contributed by atoms with Crippen LogP contribution in [0.15, 0.2) is 71.4 Å². The second-order valence-corrected chi connectivity index (χ2v) is 8.95. The third kappa shape index (κ3) is 4.64. The van der Waals surface area contributed by atoms with Gasteiger partial charge in [0.2, 0.25) is 0 Å². The summed E-state index contributed by atoms with van der Waals surface area (Å²) in [5.41, 5.74) is 4.48. The Morgan fingerprint density at radius 3 is 2.65 bits per heavy atom. The Balaban J connectivity index is 1.48. The molecule has 1 saturated carbocycles. The molecule has 4 aromatic rings. The summed E-state index contributed by atoms with van der Waals surface area (Å²) >= 11 is 0. The van der Waals surface area contributed by atoms with Crippen molar-refractivity contribution < 1.29 is 13.9 Å². The Hall–Kier alpha value is -3.38. The lowest BCUT2D eigenvalue weighted by Crippen LogP contribution is -2.13. The molecule has 1 unspecified atom stereocenters. The molecule has 0 spiro atoms. The van der Waals surface area contributed by atoms with Gasteiger partial charge >= 0.3 is 0 Å². The molecule has 1 atom stereocenters. The van der Waals surface area contributed by atoms with Crippen LogP contribution in [0.25, 0.3) is 22.7 Å². The average molecular weight is 460 g/mol. The summed E-state index contributed by atoms with van der Waals surface area (Å²) in [6.07, 6.45) is 7.64. The van der Waals surface area contributed by atoms with Crippen molar-refractivity contribution >= 4 is 5.69 Å². The number of nitrogens with zero attached hydrogens (tertiary/aromatic N) is 2. The van der Waals surface area contributed by atoms with Gasteiger partial charge < -0.3 is 19.4 Å². The fourth-order valence-corrected chi connectivity index (χ4v) is 4.80. The molecular weight excluding hydrogens is 429 g/mol. The largest absolute Gasteiger partial charge is 0.455 e. The second kappa shape index (κ2) is 9.85. The molecule has 5 rings (SSSR count). The van der Waals surface area contributed by atoms with Crippen LogP contribution >= 0.6 is 0 Å². The van der Waals surface area contributed by atoms with E-state index in [0.29, 0.717) is 17.6 Å². The molecule has 0 aliphatic heterocycles. The number of aromatic nitrogens is 2. The molecule has 0 radical (unpaired) electrons. The summed E-state index contributed by atoms with van der Waals surface area (Å²) in [7, 11) is 0. The molecule has 1 aliphatic carbocycles. The quantitative estimate of drug-likeness (QED) is 0.289. The third-order valence-electron chi connectivity index (χ3n) is 6.65. The van der Waals surface area contributed by atoms with E-state index >= 15 is 0 Å². The van der Waals surface area contributed by atoms with Gasteiger partial charge in [-0.2, -0.15) is 0 Å². The Morgan fingerprint density at radius 1 is 1.09 bits per heavy atom. The summed E-state index contributed by atoms with van der Waals surface area (Å²) in [6.45, 7) is 2.10. The minimum Gasteiger partial charge on any atom is -0.455 e. The molecule has 0 amide bonds. The van der Waals surface area contributed by atoms with Crippen LogP contribution in [0.4, 0.5) is 10.1 Å². The van der Waals surface area contributed by atoms with Crippen molar-refractivity contribution in [2.75, 3.05) is 5.32 Å². The number of halogens is 1. The first-order valence-corrected chi connectivity index (χ1v) is 12.1. The highest BCUT2D eigenvalue weighted by atomic mass is 19.1. The van der Waals surface area contributed by atoms with Crippen LogP contribution in [0.2, 0.25) is 0 Å². The van der Waals surface area contributed by atoms with Crippen molar-refractivity contribution in [3.8, 4) is 22.7 Å². The van der Waals surface area contributed by atoms with E-state index in [2.05, 4.69) is 22.9 Å². The zero-order valence-electron chi connectivity index (χ0n) is 19.4. The van der Waals surface area contributed by atoms with E-state index in [-0.39, 0.29) is 5.82 Å². The number of benzene rings is 2. The van der Waals surface area contributed by atoms with Crippen LogP contribution in [0.3, 0.4) is 0 Å². The van der Waals surface area contributed by atoms with Gasteiger partial charge in [0.15, 0.2) is 17.7 Å². The van der Waals surface area contributed by atoms with Gasteiger partial charge in [0, 0.05) is 17.3 Å². The maximum atomic E-state index is 13.6. The molecule has 1 fully saturated rings. The minimum atomic E-state index is -0.985. The monoisotopic (exact) mass is 459 g/mol. The molecular formula is C28H30FN3O2. The first-order valence-electron chi connectivity index (χ1n) is 12.1. The predicted octanol–water partition coefficient (Wildman–Crippen LogP) is 7.12. The fraction of sp³-hybridized carbons (Fsp3) is 0.321. The van der Waals surface area contributed by atoms with E-state index in [1.165, 1.54) is 37.0 Å². The molecule has 1 aliphatic rings. The molecule has 0 saturated heterocycles. The van der Waals surface area contributed by atoms with Crippen molar-refractivity contribution in [1.82, 2.24) is 9.55 Å². The first kappa shape index (κ1) is 22.4. The number of aliphatic hydroxyl groups is 1. The van der Waals surface area contributed by atoms with Crippen molar-refractivity contribution in [1.29, 1.82) is 0 Å². The average Bonchev–Trinajstić information content (AvgIpc) is 3.53. The van der Waals surface area contributed by atoms with Crippen molar-refractivity contribution in [2.24, 2.45) is 0 Å². The SMILES string of the molecule is CCc1cccc(NC(O)c2ccc(-c3c(-c4ccc(F)cc4)ncn3C3CCCCC3)o2)c1. The van der Waals surface area contributed by atoms with Gasteiger partial charge in [0.1, 0.15) is 11.5 Å². The Morgan fingerprint density at radius 2 is 1.88 bits per heavy atom. The van der Waals surface area contributed by atoms with Gasteiger partial charge in [-0.05, 0) is 73.4 Å². The van der Waals surface area contributed by atoms with Gasteiger partial charge in [-0.25, -0.2) is 9.37 Å². The van der Waals surface area contributed by atoms with E-state index in [0.717, 1.165) is 41.9 Å². The minimum absolute atomic E-state index is 0.279. The van der Waals surface area contributed by atoms with Crippen LogP contribution < -0.4 is 5.32 Å². The van der Waals surface area contributed by atoms with Crippen LogP contribution in [-0.2, 0) is 6.42 Å². The van der Waals surface area contributed by atoms with Crippen LogP contribution in [0.5, 0.6) is 0 Å². The van der Waals surface area contributed by atoms with Gasteiger partial charge in [0.25, 0.3) is 0 Å². The number of anilines is 1. The zero-order valence-corrected chi connectivity index (χ0v) is 19.4. The molecule has 2 heterocycles. The summed E-state index contributed by atoms with van der Waals surface area (Å²) in [6, 6.07) is 18.4. The molecule has 6 heteroatoms. The van der Waals surface area contributed by atoms with Crippen LogP contribution in [0.1, 0.15) is 62.6 Å². The molecule has 2 aromatic heterocycles. The number of furan rings is 1. The highest BCUT2D eigenvalue weighted by Crippen LogP contribution is 2.39. The fourth-order valence-electron chi connectivity index (χ4n) is 4.80. The first-order chi connectivity index (χ1) is 16.6. The summed E-state index contributed by atoms with van der Waals surface area (Å²) in [4.78, 5) is 4.71. The Kier molecular flexibility index (Phi) is 6.50. The summed E-state index contributed by atoms with van der Waals surface area (Å²) in [5.74, 6) is 0.789. The molecule has 2 N–H and O–H groups in total. The number of hydrogen-bond donors (Lipinski definition) is 2. The number of aryl methyl sites for hydroxylation is 1. The Bertz CT molecular complexity index is 1240. The van der Waals surface area contributed by atoms with E-state index in [9.17, 15) is 9.50 Å². The molecule has 0 bridgehead atoms. The van der Waals surface area contributed by atoms with Crippen LogP contribution in [0, 0.1) is 5.82 Å². The van der Waals surface area contributed by atoms with E-state index in [1.807, 2.05) is 30.6 Å². The predicted molar refractivity (Wildman–Crippen MR) is 132 cm³/mol. The lowest BCUT2D eigenvalue weighted by Gasteiger charge is -2.24. The molecule has 2 aromatic carbocycles. The standard InChI is InChI=1S/C28H30FN3O2/c1-2-19-7-6-8-22(17-19)31-28(33)25-16-15-24(34-25)27-26(20-11-13-21(29)14-12-20)30-18-32(27)23-9-4-3-5-10-23/h6-8,11-18,23,28,31,33H,2-5,9-10H2,1H3. The normalized spacial score (nSPS) is 15.4. The highest BCUT2D eigenvalue weighted by molar-refractivity contribution is 5.76. The zero-order chi connectivity index (χ0) is 23.5. The number of imidazole rings is 1. The van der Waals surface area contributed by atoms with Crippen molar-refractivity contribution in [3.63, 3.8) is 0 Å². The smallest absolute Gasteiger partial charge is 0.184 e. The van der Waals surface area contributed by atoms with Crippen LogP contribution in [-0.4, -0.2) is 14.7 Å². The second-order valence-electron chi connectivity index (χ2n) is 8.95. The van der Waals surface area contributed by atoms with Gasteiger partial charge in [-0.15, -0.1) is 0 Å². The number of hydrogen-bond acceptors (Lipinski definition) is 4. The van der Waals surface area contributed by atoms with Gasteiger partial charge in [0.05, 0.1) is 12.0 Å². The summed E-state index contributed by atoms with van der Waals surface area (Å²) in [5, 5.41) is 13.9. The molecule has 5 nitrogen and oxygen atoms in total. The topological polar surface area (TPSA) is 63.2 Å². The number of aliphatic hydroxyl groups excluding tert-OH is 1. The van der Waals surface area contributed by atoms with E-state index < -0.39 is 6.23 Å². The maximum Gasteiger partial charge on any atom is 0.184 e. The third-order valence-corrected chi connectivity index (χ3v) is 6.65.